The van der Waals surface area contributed by atoms with Gasteiger partial charge in [-0.3, -0.25) is 0 Å². The summed E-state index contributed by atoms with van der Waals surface area (Å²) in [5, 5.41) is 0.592. The molecule has 0 aliphatic heterocycles. The molecule has 0 atom stereocenters. The van der Waals surface area contributed by atoms with Crippen molar-refractivity contribution >= 4 is 16.6 Å². The topological polar surface area (TPSA) is 0 Å². The van der Waals surface area contributed by atoms with Crippen molar-refractivity contribution in [2.45, 2.75) is 5.92 Å². The molecule has 3 aromatic carbocycles. The third kappa shape index (κ3) is 3.90. The molecular formula is C21H15ClF2. The second kappa shape index (κ2) is 7.41. The third-order valence-corrected chi connectivity index (χ3v) is 4.17. The van der Waals surface area contributed by atoms with Crippen molar-refractivity contribution in [1.82, 2.24) is 0 Å². The summed E-state index contributed by atoms with van der Waals surface area (Å²) in [6, 6.07) is 22.1. The van der Waals surface area contributed by atoms with Crippen LogP contribution in [0.3, 0.4) is 0 Å². The first-order valence-corrected chi connectivity index (χ1v) is 7.95. The molecule has 0 aromatic heterocycles. The highest BCUT2D eigenvalue weighted by Crippen LogP contribution is 2.31. The summed E-state index contributed by atoms with van der Waals surface area (Å²) in [5.41, 5.74) is 2.67. The number of halogens is 3. The Morgan fingerprint density at radius 3 is 1.62 bits per heavy atom. The fourth-order valence-corrected chi connectivity index (χ4v) is 2.82. The Labute approximate surface area is 145 Å². The predicted octanol–water partition coefficient (Wildman–Crippen LogP) is 6.38. The smallest absolute Gasteiger partial charge is 0.123 e. The molecule has 0 bridgehead atoms. The molecule has 0 saturated heterocycles. The number of benzene rings is 3. The lowest BCUT2D eigenvalue weighted by molar-refractivity contribution is 0.626. The zero-order valence-electron chi connectivity index (χ0n) is 12.8. The summed E-state index contributed by atoms with van der Waals surface area (Å²) in [7, 11) is 0. The Kier molecular flexibility index (Phi) is 5.07. The van der Waals surface area contributed by atoms with Crippen LogP contribution >= 0.6 is 11.6 Å². The van der Waals surface area contributed by atoms with E-state index in [0.717, 1.165) is 16.7 Å². The number of rotatable bonds is 4. The van der Waals surface area contributed by atoms with Crippen LogP contribution in [0.25, 0.3) is 5.03 Å². The van der Waals surface area contributed by atoms with Gasteiger partial charge in [0.1, 0.15) is 11.6 Å². The molecule has 0 N–H and O–H groups in total. The normalized spacial score (nSPS) is 11.8. The number of allylic oxidation sites excluding steroid dienone is 1. The van der Waals surface area contributed by atoms with Crippen molar-refractivity contribution in [2.75, 3.05) is 0 Å². The van der Waals surface area contributed by atoms with Crippen molar-refractivity contribution in [3.05, 3.63) is 113 Å². The van der Waals surface area contributed by atoms with Gasteiger partial charge >= 0.3 is 0 Å². The minimum atomic E-state index is -0.297. The third-order valence-electron chi connectivity index (χ3n) is 3.82. The molecule has 120 valence electrons. The number of hydrogen-bond acceptors (Lipinski definition) is 0. The van der Waals surface area contributed by atoms with E-state index >= 15 is 0 Å². The molecule has 3 rings (SSSR count). The highest BCUT2D eigenvalue weighted by molar-refractivity contribution is 6.48. The molecule has 24 heavy (non-hydrogen) atoms. The van der Waals surface area contributed by atoms with Crippen LogP contribution in [0.15, 0.2) is 84.9 Å². The molecule has 0 fully saturated rings. The van der Waals surface area contributed by atoms with Gasteiger partial charge in [0.05, 0.1) is 0 Å². The van der Waals surface area contributed by atoms with Gasteiger partial charge in [0.25, 0.3) is 0 Å². The Morgan fingerprint density at radius 2 is 1.17 bits per heavy atom. The van der Waals surface area contributed by atoms with Crippen molar-refractivity contribution in [3.63, 3.8) is 0 Å². The van der Waals surface area contributed by atoms with Crippen LogP contribution in [0.2, 0.25) is 0 Å². The molecule has 0 aliphatic carbocycles. The summed E-state index contributed by atoms with van der Waals surface area (Å²) >= 11 is 6.48. The molecule has 0 heterocycles. The van der Waals surface area contributed by atoms with E-state index in [-0.39, 0.29) is 17.6 Å². The molecule has 3 aromatic rings. The molecular weight excluding hydrogens is 326 g/mol. The van der Waals surface area contributed by atoms with Gasteiger partial charge in [-0.05, 0) is 41.0 Å². The summed E-state index contributed by atoms with van der Waals surface area (Å²) in [4.78, 5) is 0. The van der Waals surface area contributed by atoms with E-state index < -0.39 is 0 Å². The zero-order valence-corrected chi connectivity index (χ0v) is 13.6. The van der Waals surface area contributed by atoms with E-state index in [1.807, 2.05) is 36.4 Å². The monoisotopic (exact) mass is 340 g/mol. The maximum Gasteiger partial charge on any atom is 0.123 e. The SMILES string of the molecule is Fc1ccc(C(/C=C(\Cl)c2ccccc2)c2ccc(F)cc2)cc1. The van der Waals surface area contributed by atoms with Gasteiger partial charge in [-0.1, -0.05) is 72.3 Å². The van der Waals surface area contributed by atoms with E-state index in [4.69, 9.17) is 11.6 Å². The lowest BCUT2D eigenvalue weighted by Gasteiger charge is -2.15. The summed E-state index contributed by atoms with van der Waals surface area (Å²) < 4.78 is 26.5. The Hall–Kier alpha value is -2.45. The molecule has 0 saturated carbocycles. The van der Waals surface area contributed by atoms with Crippen LogP contribution in [0, 0.1) is 11.6 Å². The van der Waals surface area contributed by atoms with Gasteiger partial charge in [-0.2, -0.15) is 0 Å². The molecule has 0 spiro atoms. The zero-order chi connectivity index (χ0) is 16.9. The van der Waals surface area contributed by atoms with Crippen molar-refractivity contribution in [1.29, 1.82) is 0 Å². The maximum absolute atomic E-state index is 13.2. The largest absolute Gasteiger partial charge is 0.207 e. The van der Waals surface area contributed by atoms with Crippen molar-refractivity contribution < 1.29 is 8.78 Å². The number of hydrogen-bond donors (Lipinski definition) is 0. The average Bonchev–Trinajstić information content (AvgIpc) is 2.62. The lowest BCUT2D eigenvalue weighted by Crippen LogP contribution is -1.99. The molecule has 0 unspecified atom stereocenters. The highest BCUT2D eigenvalue weighted by atomic mass is 35.5. The van der Waals surface area contributed by atoms with E-state index in [1.54, 1.807) is 24.3 Å². The standard InChI is InChI=1S/C21H15ClF2/c22-21(17-4-2-1-3-5-17)14-20(15-6-10-18(23)11-7-15)16-8-12-19(24)13-9-16/h1-14,20H/b21-14-. The van der Waals surface area contributed by atoms with Gasteiger partial charge in [-0.25, -0.2) is 8.78 Å². The van der Waals surface area contributed by atoms with Crippen LogP contribution in [-0.2, 0) is 0 Å². The molecule has 0 aliphatic rings. The van der Waals surface area contributed by atoms with E-state index in [2.05, 4.69) is 0 Å². The van der Waals surface area contributed by atoms with Crippen LogP contribution < -0.4 is 0 Å². The Morgan fingerprint density at radius 1 is 0.708 bits per heavy atom. The maximum atomic E-state index is 13.2. The molecule has 0 radical (unpaired) electrons. The van der Waals surface area contributed by atoms with Crippen LogP contribution in [0.5, 0.6) is 0 Å². The second-order valence-electron chi connectivity index (χ2n) is 5.46. The summed E-state index contributed by atoms with van der Waals surface area (Å²) in [5.74, 6) is -0.789. The first kappa shape index (κ1) is 16.4. The minimum Gasteiger partial charge on any atom is -0.207 e. The summed E-state index contributed by atoms with van der Waals surface area (Å²) in [6.45, 7) is 0. The average molecular weight is 341 g/mol. The molecule has 3 heteroatoms. The van der Waals surface area contributed by atoms with Crippen LogP contribution in [0.4, 0.5) is 8.78 Å². The van der Waals surface area contributed by atoms with E-state index in [0.29, 0.717) is 5.03 Å². The van der Waals surface area contributed by atoms with Crippen molar-refractivity contribution in [2.24, 2.45) is 0 Å². The Bertz CT molecular complexity index is 776. The van der Waals surface area contributed by atoms with E-state index in [1.165, 1.54) is 24.3 Å². The van der Waals surface area contributed by atoms with Gasteiger partial charge < -0.3 is 0 Å². The van der Waals surface area contributed by atoms with Crippen LogP contribution in [0.1, 0.15) is 22.6 Å². The fraction of sp³-hybridized carbons (Fsp3) is 0.0476. The predicted molar refractivity (Wildman–Crippen MR) is 94.9 cm³/mol. The van der Waals surface area contributed by atoms with Crippen molar-refractivity contribution in [3.8, 4) is 0 Å². The lowest BCUT2D eigenvalue weighted by atomic mass is 9.90. The minimum absolute atomic E-state index is 0.195. The molecule has 0 amide bonds. The van der Waals surface area contributed by atoms with Gasteiger partial charge in [-0.15, -0.1) is 0 Å². The fourth-order valence-electron chi connectivity index (χ4n) is 2.57. The van der Waals surface area contributed by atoms with E-state index in [9.17, 15) is 8.78 Å². The van der Waals surface area contributed by atoms with Crippen LogP contribution in [-0.4, -0.2) is 0 Å². The second-order valence-corrected chi connectivity index (χ2v) is 5.87. The summed E-state index contributed by atoms with van der Waals surface area (Å²) in [6.07, 6.45) is 1.90. The van der Waals surface area contributed by atoms with Gasteiger partial charge in [0.2, 0.25) is 0 Å². The Balaban J connectivity index is 2.04. The first-order valence-electron chi connectivity index (χ1n) is 7.57. The van der Waals surface area contributed by atoms with Gasteiger partial charge in [0.15, 0.2) is 0 Å². The van der Waals surface area contributed by atoms with Gasteiger partial charge in [0, 0.05) is 11.0 Å². The highest BCUT2D eigenvalue weighted by Gasteiger charge is 2.13. The first-order chi connectivity index (χ1) is 11.6. The quantitative estimate of drug-likeness (QED) is 0.517. The molecule has 0 nitrogen and oxygen atoms in total.